The van der Waals surface area contributed by atoms with Crippen molar-refractivity contribution < 1.29 is 14.4 Å². The molecule has 0 saturated carbocycles. The fourth-order valence-electron chi connectivity index (χ4n) is 5.71. The van der Waals surface area contributed by atoms with Crippen LogP contribution in [-0.4, -0.2) is 80.9 Å². The molecule has 45 heavy (non-hydrogen) atoms. The molecule has 1 fully saturated rings. The van der Waals surface area contributed by atoms with Gasteiger partial charge < -0.3 is 20.1 Å². The highest BCUT2D eigenvalue weighted by Crippen LogP contribution is 2.37. The number of urea groups is 1. The quantitative estimate of drug-likeness (QED) is 0.250. The monoisotopic (exact) mass is 680 g/mol. The number of rotatable bonds is 7. The van der Waals surface area contributed by atoms with Gasteiger partial charge in [-0.1, -0.05) is 23.8 Å². The zero-order chi connectivity index (χ0) is 32.6. The number of nitrogens with one attached hydrogen (secondary N) is 3. The first-order valence-corrected chi connectivity index (χ1v) is 16.2. The van der Waals surface area contributed by atoms with E-state index in [-0.39, 0.29) is 23.5 Å². The Morgan fingerprint density at radius 3 is 2.49 bits per heavy atom. The Bertz CT molecular complexity index is 1420. The summed E-state index contributed by atoms with van der Waals surface area (Å²) < 4.78 is 2.86. The first kappa shape index (κ1) is 34.1. The number of fused-ring (bicyclic) bond motifs is 2. The van der Waals surface area contributed by atoms with E-state index in [9.17, 15) is 14.4 Å². The van der Waals surface area contributed by atoms with Crippen molar-refractivity contribution in [3.05, 3.63) is 75.3 Å². The van der Waals surface area contributed by atoms with Gasteiger partial charge in [-0.05, 0) is 85.6 Å². The number of hydrogen-bond donors (Lipinski definition) is 3. The molecule has 0 bridgehead atoms. The second-order valence-corrected chi connectivity index (χ2v) is 13.5. The second kappa shape index (κ2) is 15.5. The molecule has 2 aliphatic rings. The van der Waals surface area contributed by atoms with Gasteiger partial charge in [-0.25, -0.2) is 9.78 Å². The summed E-state index contributed by atoms with van der Waals surface area (Å²) in [5.74, 6) is 0.391. The van der Waals surface area contributed by atoms with Gasteiger partial charge in [0.15, 0.2) is 0 Å². The molecule has 3 N–H and O–H groups in total. The number of anilines is 1. The standard InChI is InChI=1S/C24H31BrN4O.C9H14N4O2/c1-16-5-8-20-17(13-16)6-7-18-14-19(25)15-26-21(18)22(20)28-9-11-29(12-10-28)23(30)27-24(2,3)4;1-8(15)12-9-11-4-6-13(9)5-2-3-10-7-14/h5,8,13-15,22H,6-7,9-12H2,1-4H3,(H,27,30);4,6-7H,2-3,5H2,1H3,(H,10,14)(H,11,12,15). The zero-order valence-corrected chi connectivity index (χ0v) is 28.5. The Balaban J connectivity index is 0.000000259. The number of pyridine rings is 1. The fourth-order valence-corrected chi connectivity index (χ4v) is 6.09. The molecule has 2 aromatic heterocycles. The average molecular weight is 682 g/mol. The van der Waals surface area contributed by atoms with Crippen molar-refractivity contribution in [3.8, 4) is 0 Å². The van der Waals surface area contributed by atoms with Crippen LogP contribution in [0.2, 0.25) is 0 Å². The molecule has 1 saturated heterocycles. The normalized spacial score (nSPS) is 16.3. The van der Waals surface area contributed by atoms with Crippen LogP contribution in [0, 0.1) is 6.92 Å². The van der Waals surface area contributed by atoms with E-state index in [0.29, 0.717) is 25.4 Å². The minimum Gasteiger partial charge on any atom is -0.359 e. The summed E-state index contributed by atoms with van der Waals surface area (Å²) in [5, 5.41) is 8.27. The van der Waals surface area contributed by atoms with Crippen molar-refractivity contribution >= 4 is 40.2 Å². The molecule has 1 atom stereocenters. The molecule has 5 rings (SSSR count). The van der Waals surface area contributed by atoms with E-state index in [0.717, 1.165) is 55.6 Å². The van der Waals surface area contributed by atoms with Gasteiger partial charge in [0.05, 0.1) is 11.7 Å². The summed E-state index contributed by atoms with van der Waals surface area (Å²) >= 11 is 3.60. The van der Waals surface area contributed by atoms with Crippen LogP contribution < -0.4 is 16.0 Å². The lowest BCUT2D eigenvalue weighted by atomic mass is 9.94. The van der Waals surface area contributed by atoms with Crippen LogP contribution in [0.4, 0.5) is 10.7 Å². The summed E-state index contributed by atoms with van der Waals surface area (Å²) in [6.45, 7) is 14.1. The molecule has 0 spiro atoms. The summed E-state index contributed by atoms with van der Waals surface area (Å²) in [6, 6.07) is 9.22. The molecule has 3 aromatic rings. The van der Waals surface area contributed by atoms with Crippen LogP contribution in [-0.2, 0) is 29.0 Å². The third kappa shape index (κ3) is 9.61. The van der Waals surface area contributed by atoms with Gasteiger partial charge in [0.2, 0.25) is 18.3 Å². The number of piperazine rings is 1. The van der Waals surface area contributed by atoms with Gasteiger partial charge in [0.25, 0.3) is 0 Å². The van der Waals surface area contributed by atoms with Gasteiger partial charge in [-0.15, -0.1) is 0 Å². The third-order valence-corrected chi connectivity index (χ3v) is 8.17. The van der Waals surface area contributed by atoms with Crippen molar-refractivity contribution in [2.24, 2.45) is 0 Å². The molecular formula is C33H45BrN8O3. The molecule has 4 amide bonds. The summed E-state index contributed by atoms with van der Waals surface area (Å²) in [5.41, 5.74) is 6.34. The Hall–Kier alpha value is -3.77. The predicted octanol–water partition coefficient (Wildman–Crippen LogP) is 4.44. The lowest BCUT2D eigenvalue weighted by molar-refractivity contribution is -0.114. The Kier molecular flexibility index (Phi) is 11.7. The number of aryl methyl sites for hydroxylation is 4. The predicted molar refractivity (Wildman–Crippen MR) is 179 cm³/mol. The van der Waals surface area contributed by atoms with Crippen molar-refractivity contribution in [1.29, 1.82) is 0 Å². The largest absolute Gasteiger partial charge is 0.359 e. The third-order valence-electron chi connectivity index (χ3n) is 7.74. The number of amides is 4. The smallest absolute Gasteiger partial charge is 0.317 e. The number of halogens is 1. The lowest BCUT2D eigenvalue weighted by Crippen LogP contribution is -2.55. The minimum absolute atomic E-state index is 0.0292. The number of imidazole rings is 1. The maximum atomic E-state index is 12.6. The highest BCUT2D eigenvalue weighted by Gasteiger charge is 2.33. The van der Waals surface area contributed by atoms with Crippen LogP contribution in [0.25, 0.3) is 0 Å². The Labute approximate surface area is 274 Å². The Morgan fingerprint density at radius 2 is 1.80 bits per heavy atom. The average Bonchev–Trinajstić information content (AvgIpc) is 3.35. The van der Waals surface area contributed by atoms with E-state index in [2.05, 4.69) is 73.0 Å². The lowest BCUT2D eigenvalue weighted by Gasteiger charge is -2.40. The molecule has 1 aliphatic carbocycles. The van der Waals surface area contributed by atoms with Crippen molar-refractivity contribution in [3.63, 3.8) is 0 Å². The first-order chi connectivity index (χ1) is 21.4. The van der Waals surface area contributed by atoms with Gasteiger partial charge in [-0.2, -0.15) is 0 Å². The summed E-state index contributed by atoms with van der Waals surface area (Å²) in [4.78, 5) is 46.7. The number of hydrogen-bond acceptors (Lipinski definition) is 6. The number of carbonyl (C=O) groups excluding carboxylic acids is 3. The number of carbonyl (C=O) groups is 3. The van der Waals surface area contributed by atoms with Crippen molar-refractivity contribution in [1.82, 2.24) is 35.0 Å². The van der Waals surface area contributed by atoms with E-state index in [4.69, 9.17) is 4.98 Å². The van der Waals surface area contributed by atoms with E-state index >= 15 is 0 Å². The van der Waals surface area contributed by atoms with Crippen LogP contribution in [0.5, 0.6) is 0 Å². The zero-order valence-electron chi connectivity index (χ0n) is 26.9. The Morgan fingerprint density at radius 1 is 1.07 bits per heavy atom. The van der Waals surface area contributed by atoms with Crippen molar-refractivity contribution in [2.75, 3.05) is 38.0 Å². The fraction of sp³-hybridized carbons (Fsp3) is 0.485. The minimum atomic E-state index is -0.220. The molecule has 242 valence electrons. The molecule has 12 heteroatoms. The molecule has 1 unspecified atom stereocenters. The molecule has 0 radical (unpaired) electrons. The summed E-state index contributed by atoms with van der Waals surface area (Å²) in [6.07, 6.45) is 8.82. The van der Waals surface area contributed by atoms with Gasteiger partial charge in [-0.3, -0.25) is 24.8 Å². The number of nitrogens with zero attached hydrogens (tertiary/aromatic N) is 5. The van der Waals surface area contributed by atoms with Crippen LogP contribution >= 0.6 is 15.9 Å². The molecule has 3 heterocycles. The van der Waals surface area contributed by atoms with E-state index in [1.807, 2.05) is 36.4 Å². The van der Waals surface area contributed by atoms with E-state index in [1.54, 1.807) is 12.4 Å². The summed E-state index contributed by atoms with van der Waals surface area (Å²) in [7, 11) is 0. The van der Waals surface area contributed by atoms with Gasteiger partial charge in [0, 0.05) is 74.8 Å². The highest BCUT2D eigenvalue weighted by molar-refractivity contribution is 9.10. The first-order valence-electron chi connectivity index (χ1n) is 15.5. The topological polar surface area (TPSA) is 124 Å². The van der Waals surface area contributed by atoms with E-state index in [1.165, 1.54) is 29.2 Å². The van der Waals surface area contributed by atoms with Gasteiger partial charge in [0.1, 0.15) is 0 Å². The molecule has 11 nitrogen and oxygen atoms in total. The second-order valence-electron chi connectivity index (χ2n) is 12.6. The molecule has 1 aromatic carbocycles. The number of aromatic nitrogens is 3. The highest BCUT2D eigenvalue weighted by atomic mass is 79.9. The SMILES string of the molecule is CC(=O)Nc1nccn1CCCNC=O.Cc1ccc2c(c1)CCc1cc(Br)cnc1C2N1CCN(C(=O)NC(C)(C)C)CC1. The molecular weight excluding hydrogens is 636 g/mol. The maximum Gasteiger partial charge on any atom is 0.317 e. The maximum absolute atomic E-state index is 12.6. The van der Waals surface area contributed by atoms with Crippen LogP contribution in [0.1, 0.15) is 68.1 Å². The molecule has 1 aliphatic heterocycles. The van der Waals surface area contributed by atoms with E-state index < -0.39 is 0 Å². The van der Waals surface area contributed by atoms with Crippen molar-refractivity contribution in [2.45, 2.75) is 72.0 Å². The van der Waals surface area contributed by atoms with Crippen LogP contribution in [0.3, 0.4) is 0 Å². The van der Waals surface area contributed by atoms with Gasteiger partial charge >= 0.3 is 6.03 Å². The number of benzene rings is 1. The van der Waals surface area contributed by atoms with Crippen LogP contribution in [0.15, 0.2) is 47.3 Å².